The summed E-state index contributed by atoms with van der Waals surface area (Å²) >= 11 is 11.7. The van der Waals surface area contributed by atoms with Crippen LogP contribution in [0.3, 0.4) is 0 Å². The van der Waals surface area contributed by atoms with E-state index >= 15 is 0 Å². The molecule has 0 bridgehead atoms. The maximum absolute atomic E-state index is 12.9. The van der Waals surface area contributed by atoms with Gasteiger partial charge in [-0.1, -0.05) is 35.9 Å². The number of thiocarbonyl (C=S) groups is 1. The molecule has 0 spiro atoms. The van der Waals surface area contributed by atoms with Gasteiger partial charge in [-0.05, 0) is 42.5 Å². The SMILES string of the molecule is O=S(=O)(c1ccc(Cl)c(NC(=S)Nc2cccc3c(O)cccc23)c1)N1CCOCC1. The first-order valence-electron chi connectivity index (χ1n) is 9.52. The Bertz CT molecular complexity index is 1240. The first-order chi connectivity index (χ1) is 14.9. The van der Waals surface area contributed by atoms with Crippen LogP contribution in [-0.2, 0) is 14.8 Å². The molecule has 1 saturated heterocycles. The summed E-state index contributed by atoms with van der Waals surface area (Å²) in [5, 5.41) is 18.2. The van der Waals surface area contributed by atoms with Crippen molar-refractivity contribution in [2.45, 2.75) is 4.90 Å². The van der Waals surface area contributed by atoms with Crippen molar-refractivity contribution in [3.63, 3.8) is 0 Å². The van der Waals surface area contributed by atoms with Crippen LogP contribution in [0.15, 0.2) is 59.5 Å². The van der Waals surface area contributed by atoms with E-state index in [-0.39, 0.29) is 15.8 Å². The van der Waals surface area contributed by atoms with Gasteiger partial charge >= 0.3 is 0 Å². The van der Waals surface area contributed by atoms with Gasteiger partial charge in [-0.15, -0.1) is 0 Å². The van der Waals surface area contributed by atoms with Crippen LogP contribution in [0.4, 0.5) is 11.4 Å². The second-order valence-electron chi connectivity index (χ2n) is 6.92. The number of anilines is 2. The summed E-state index contributed by atoms with van der Waals surface area (Å²) in [6.45, 7) is 1.35. The molecule has 3 aromatic carbocycles. The lowest BCUT2D eigenvalue weighted by molar-refractivity contribution is 0.0730. The summed E-state index contributed by atoms with van der Waals surface area (Å²) in [5.74, 6) is 0.170. The fraction of sp³-hybridized carbons (Fsp3) is 0.190. The molecule has 0 aromatic heterocycles. The number of rotatable bonds is 4. The number of sulfonamides is 1. The van der Waals surface area contributed by atoms with Crippen molar-refractivity contribution in [2.24, 2.45) is 0 Å². The highest BCUT2D eigenvalue weighted by Gasteiger charge is 2.27. The molecule has 3 N–H and O–H groups in total. The van der Waals surface area contributed by atoms with Crippen LogP contribution < -0.4 is 10.6 Å². The van der Waals surface area contributed by atoms with E-state index in [4.69, 9.17) is 28.6 Å². The fourth-order valence-electron chi connectivity index (χ4n) is 3.37. The molecular formula is C21H20ClN3O4S2. The summed E-state index contributed by atoms with van der Waals surface area (Å²) in [6.07, 6.45) is 0. The highest BCUT2D eigenvalue weighted by Crippen LogP contribution is 2.31. The second-order valence-corrected chi connectivity index (χ2v) is 9.67. The minimum absolute atomic E-state index is 0.124. The summed E-state index contributed by atoms with van der Waals surface area (Å²) in [6, 6.07) is 15.1. The Morgan fingerprint density at radius 2 is 1.68 bits per heavy atom. The van der Waals surface area contributed by atoms with Crippen LogP contribution in [0.1, 0.15) is 0 Å². The number of phenolic OH excluding ortho intramolecular Hbond substituents is 1. The molecule has 0 unspecified atom stereocenters. The van der Waals surface area contributed by atoms with Crippen LogP contribution in [0.25, 0.3) is 10.8 Å². The van der Waals surface area contributed by atoms with Gasteiger partial charge < -0.3 is 20.5 Å². The molecule has 0 atom stereocenters. The lowest BCUT2D eigenvalue weighted by Gasteiger charge is -2.26. The third-order valence-corrected chi connectivity index (χ3v) is 7.37. The monoisotopic (exact) mass is 477 g/mol. The molecule has 1 aliphatic rings. The molecule has 3 aromatic rings. The van der Waals surface area contributed by atoms with Crippen molar-refractivity contribution in [2.75, 3.05) is 36.9 Å². The van der Waals surface area contributed by atoms with E-state index in [0.29, 0.717) is 48.1 Å². The van der Waals surface area contributed by atoms with Gasteiger partial charge in [-0.25, -0.2) is 8.42 Å². The topological polar surface area (TPSA) is 90.9 Å². The number of morpholine rings is 1. The van der Waals surface area contributed by atoms with Gasteiger partial charge in [-0.3, -0.25) is 0 Å². The Labute approximate surface area is 190 Å². The van der Waals surface area contributed by atoms with Crippen LogP contribution in [0.2, 0.25) is 5.02 Å². The summed E-state index contributed by atoms with van der Waals surface area (Å²) in [5.41, 5.74) is 1.07. The van der Waals surface area contributed by atoms with E-state index in [1.54, 1.807) is 18.2 Å². The Hall–Kier alpha value is -2.43. The van der Waals surface area contributed by atoms with Crippen molar-refractivity contribution in [3.8, 4) is 5.75 Å². The third kappa shape index (κ3) is 4.60. The van der Waals surface area contributed by atoms with Gasteiger partial charge in [0.1, 0.15) is 5.75 Å². The van der Waals surface area contributed by atoms with E-state index in [1.807, 2.05) is 18.2 Å². The Balaban J connectivity index is 1.56. The predicted molar refractivity (Wildman–Crippen MR) is 126 cm³/mol. The van der Waals surface area contributed by atoms with Crippen LogP contribution in [0, 0.1) is 0 Å². The van der Waals surface area contributed by atoms with Gasteiger partial charge in [0.15, 0.2) is 5.11 Å². The molecule has 0 aliphatic carbocycles. The molecule has 10 heteroatoms. The number of fused-ring (bicyclic) bond motifs is 1. The zero-order chi connectivity index (χ0) is 22.0. The number of phenols is 1. The van der Waals surface area contributed by atoms with Crippen molar-refractivity contribution >= 4 is 61.1 Å². The summed E-state index contributed by atoms with van der Waals surface area (Å²) in [4.78, 5) is 0.124. The number of ether oxygens (including phenoxy) is 1. The van der Waals surface area contributed by atoms with Gasteiger partial charge in [0.25, 0.3) is 0 Å². The zero-order valence-electron chi connectivity index (χ0n) is 16.3. The van der Waals surface area contributed by atoms with Crippen LogP contribution in [-0.4, -0.2) is 49.2 Å². The van der Waals surface area contributed by atoms with Crippen molar-refractivity contribution in [1.29, 1.82) is 0 Å². The van der Waals surface area contributed by atoms with E-state index in [1.165, 1.54) is 22.5 Å². The van der Waals surface area contributed by atoms with Gasteiger partial charge in [0.2, 0.25) is 10.0 Å². The first kappa shape index (κ1) is 21.8. The number of halogens is 1. The molecule has 31 heavy (non-hydrogen) atoms. The summed E-state index contributed by atoms with van der Waals surface area (Å²) < 4.78 is 32.5. The van der Waals surface area contributed by atoms with Crippen molar-refractivity contribution in [1.82, 2.24) is 4.31 Å². The smallest absolute Gasteiger partial charge is 0.243 e. The van der Waals surface area contributed by atoms with E-state index < -0.39 is 10.0 Å². The number of hydrogen-bond acceptors (Lipinski definition) is 5. The average molecular weight is 478 g/mol. The first-order valence-corrected chi connectivity index (χ1v) is 11.7. The maximum Gasteiger partial charge on any atom is 0.243 e. The summed E-state index contributed by atoms with van der Waals surface area (Å²) in [7, 11) is -3.67. The minimum Gasteiger partial charge on any atom is -0.507 e. The number of benzene rings is 3. The van der Waals surface area contributed by atoms with Crippen LogP contribution >= 0.6 is 23.8 Å². The molecule has 162 valence electrons. The standard InChI is InChI=1S/C21H20ClN3O4S2/c22-17-8-7-14(31(27,28)25-9-11-29-12-10-25)13-19(17)24-21(30)23-18-5-1-4-16-15(18)3-2-6-20(16)26/h1-8,13,26H,9-12H2,(H2,23,24,30). The normalized spacial score (nSPS) is 15.0. The number of hydrogen-bond donors (Lipinski definition) is 3. The lowest BCUT2D eigenvalue weighted by Crippen LogP contribution is -2.40. The largest absolute Gasteiger partial charge is 0.507 e. The van der Waals surface area contributed by atoms with E-state index in [9.17, 15) is 13.5 Å². The third-order valence-electron chi connectivity index (χ3n) is 4.94. The van der Waals surface area contributed by atoms with Crippen molar-refractivity contribution in [3.05, 3.63) is 59.6 Å². The fourth-order valence-corrected chi connectivity index (χ4v) is 5.19. The number of aromatic hydroxyl groups is 1. The quantitative estimate of drug-likeness (QED) is 0.489. The van der Waals surface area contributed by atoms with E-state index in [2.05, 4.69) is 10.6 Å². The Morgan fingerprint density at radius 1 is 1.00 bits per heavy atom. The lowest BCUT2D eigenvalue weighted by atomic mass is 10.1. The Kier molecular flexibility index (Phi) is 6.31. The molecule has 7 nitrogen and oxygen atoms in total. The van der Waals surface area contributed by atoms with Crippen molar-refractivity contribution < 1.29 is 18.3 Å². The molecule has 0 saturated carbocycles. The highest BCUT2D eigenvalue weighted by molar-refractivity contribution is 7.89. The molecular weight excluding hydrogens is 458 g/mol. The molecule has 0 radical (unpaired) electrons. The predicted octanol–water partition coefficient (Wildman–Crippen LogP) is 4.03. The molecule has 1 fully saturated rings. The maximum atomic E-state index is 12.9. The van der Waals surface area contributed by atoms with E-state index in [0.717, 1.165) is 5.39 Å². The molecule has 4 rings (SSSR count). The number of nitrogens with zero attached hydrogens (tertiary/aromatic N) is 1. The van der Waals surface area contributed by atoms with Gasteiger partial charge in [0, 0.05) is 29.5 Å². The zero-order valence-corrected chi connectivity index (χ0v) is 18.7. The molecule has 1 aliphatic heterocycles. The van der Waals surface area contributed by atoms with Gasteiger partial charge in [0.05, 0.1) is 28.8 Å². The highest BCUT2D eigenvalue weighted by atomic mass is 35.5. The minimum atomic E-state index is -3.67. The van der Waals surface area contributed by atoms with Gasteiger partial charge in [-0.2, -0.15) is 4.31 Å². The molecule has 0 amide bonds. The van der Waals surface area contributed by atoms with Crippen LogP contribution in [0.5, 0.6) is 5.75 Å². The number of nitrogens with one attached hydrogen (secondary N) is 2. The average Bonchev–Trinajstić information content (AvgIpc) is 2.76. The second kappa shape index (κ2) is 8.97. The molecule has 1 heterocycles. The Morgan fingerprint density at radius 3 is 2.45 bits per heavy atom.